The summed E-state index contributed by atoms with van der Waals surface area (Å²) >= 11 is 0. The van der Waals surface area contributed by atoms with Gasteiger partial charge in [-0.2, -0.15) is 0 Å². The Balaban J connectivity index is 0.00000220. The standard InChI is InChI=1S/C16H25FN2O.2ClH/c1-3-4-7-14(19-11-9-18-10-12-19)13-6-5-8-15(20-2)16(13)17;;/h5-6,8,14,18H,3-4,7,9-12H2,1-2H3;2*1H/t14-;;/m1../s1. The lowest BCUT2D eigenvalue weighted by Gasteiger charge is -2.35. The number of hydrogen-bond acceptors (Lipinski definition) is 3. The second-order valence-corrected chi connectivity index (χ2v) is 5.31. The molecule has 0 amide bonds. The van der Waals surface area contributed by atoms with E-state index in [1.54, 1.807) is 6.07 Å². The molecule has 1 aliphatic rings. The van der Waals surface area contributed by atoms with Crippen molar-refractivity contribution in [2.45, 2.75) is 32.2 Å². The molecule has 2 rings (SSSR count). The highest BCUT2D eigenvalue weighted by atomic mass is 35.5. The summed E-state index contributed by atoms with van der Waals surface area (Å²) in [5.74, 6) is 0.147. The lowest BCUT2D eigenvalue weighted by atomic mass is 9.98. The third-order valence-corrected chi connectivity index (χ3v) is 4.00. The molecule has 0 aliphatic carbocycles. The largest absolute Gasteiger partial charge is 0.494 e. The molecule has 6 heteroatoms. The highest BCUT2D eigenvalue weighted by Crippen LogP contribution is 2.32. The molecule has 1 fully saturated rings. The van der Waals surface area contributed by atoms with Gasteiger partial charge in [-0.05, 0) is 12.5 Å². The van der Waals surface area contributed by atoms with Crippen LogP contribution in [0.5, 0.6) is 5.75 Å². The molecule has 1 aromatic carbocycles. The van der Waals surface area contributed by atoms with Gasteiger partial charge in [0.25, 0.3) is 0 Å². The van der Waals surface area contributed by atoms with Crippen LogP contribution >= 0.6 is 24.8 Å². The van der Waals surface area contributed by atoms with E-state index in [2.05, 4.69) is 17.1 Å². The van der Waals surface area contributed by atoms with Crippen molar-refractivity contribution in [1.82, 2.24) is 10.2 Å². The Hall–Kier alpha value is -0.550. The van der Waals surface area contributed by atoms with Crippen molar-refractivity contribution in [3.8, 4) is 5.75 Å². The molecule has 1 aromatic rings. The highest BCUT2D eigenvalue weighted by Gasteiger charge is 2.25. The van der Waals surface area contributed by atoms with Crippen LogP contribution in [-0.2, 0) is 0 Å². The van der Waals surface area contributed by atoms with E-state index in [4.69, 9.17) is 4.74 Å². The van der Waals surface area contributed by atoms with Crippen LogP contribution in [0.3, 0.4) is 0 Å². The molecule has 0 saturated carbocycles. The molecule has 128 valence electrons. The van der Waals surface area contributed by atoms with Gasteiger partial charge in [0.05, 0.1) is 7.11 Å². The van der Waals surface area contributed by atoms with Gasteiger partial charge in [-0.25, -0.2) is 4.39 Å². The van der Waals surface area contributed by atoms with E-state index in [-0.39, 0.29) is 36.7 Å². The maximum Gasteiger partial charge on any atom is 0.169 e. The number of methoxy groups -OCH3 is 1. The van der Waals surface area contributed by atoms with E-state index < -0.39 is 0 Å². The Bertz CT molecular complexity index is 429. The minimum Gasteiger partial charge on any atom is -0.494 e. The monoisotopic (exact) mass is 352 g/mol. The van der Waals surface area contributed by atoms with Crippen molar-refractivity contribution >= 4 is 24.8 Å². The first-order valence-electron chi connectivity index (χ1n) is 7.55. The number of ether oxygens (including phenoxy) is 1. The summed E-state index contributed by atoms with van der Waals surface area (Å²) in [6.45, 7) is 6.09. The van der Waals surface area contributed by atoms with E-state index in [0.717, 1.165) is 51.0 Å². The van der Waals surface area contributed by atoms with Gasteiger partial charge in [0.15, 0.2) is 11.6 Å². The second-order valence-electron chi connectivity index (χ2n) is 5.31. The van der Waals surface area contributed by atoms with Gasteiger partial charge >= 0.3 is 0 Å². The zero-order chi connectivity index (χ0) is 14.4. The van der Waals surface area contributed by atoms with Crippen molar-refractivity contribution in [2.24, 2.45) is 0 Å². The van der Waals surface area contributed by atoms with Gasteiger partial charge < -0.3 is 10.1 Å². The van der Waals surface area contributed by atoms with Crippen LogP contribution in [0.15, 0.2) is 18.2 Å². The first kappa shape index (κ1) is 21.4. The fraction of sp³-hybridized carbons (Fsp3) is 0.625. The van der Waals surface area contributed by atoms with E-state index in [0.29, 0.717) is 5.75 Å². The number of hydrogen-bond donors (Lipinski definition) is 1. The predicted octanol–water partition coefficient (Wildman–Crippen LogP) is 3.81. The molecule has 0 bridgehead atoms. The lowest BCUT2D eigenvalue weighted by molar-refractivity contribution is 0.159. The van der Waals surface area contributed by atoms with Crippen LogP contribution in [0.25, 0.3) is 0 Å². The van der Waals surface area contributed by atoms with Crippen LogP contribution in [0.2, 0.25) is 0 Å². The van der Waals surface area contributed by atoms with Crippen molar-refractivity contribution in [1.29, 1.82) is 0 Å². The SMILES string of the molecule is CCCC[C@H](c1cccc(OC)c1F)N1CCNCC1.Cl.Cl. The van der Waals surface area contributed by atoms with Crippen molar-refractivity contribution in [3.63, 3.8) is 0 Å². The Kier molecular flexibility index (Phi) is 10.8. The number of piperazine rings is 1. The Morgan fingerprint density at radius 1 is 1.27 bits per heavy atom. The van der Waals surface area contributed by atoms with Crippen molar-refractivity contribution < 1.29 is 9.13 Å². The maximum absolute atomic E-state index is 14.5. The molecule has 0 spiro atoms. The fourth-order valence-electron chi connectivity index (χ4n) is 2.87. The number of unbranched alkanes of at least 4 members (excludes halogenated alkanes) is 1. The van der Waals surface area contributed by atoms with Crippen molar-refractivity contribution in [2.75, 3.05) is 33.3 Å². The maximum atomic E-state index is 14.5. The molecule has 1 N–H and O–H groups in total. The normalized spacial score (nSPS) is 16.3. The molecule has 1 aliphatic heterocycles. The first-order valence-corrected chi connectivity index (χ1v) is 7.55. The average molecular weight is 353 g/mol. The van der Waals surface area contributed by atoms with Crippen LogP contribution < -0.4 is 10.1 Å². The number of nitrogens with one attached hydrogen (secondary N) is 1. The van der Waals surface area contributed by atoms with E-state index in [1.165, 1.54) is 7.11 Å². The Labute approximate surface area is 145 Å². The predicted molar refractivity (Wildman–Crippen MR) is 94.2 cm³/mol. The quantitative estimate of drug-likeness (QED) is 0.842. The van der Waals surface area contributed by atoms with Crippen LogP contribution in [0, 0.1) is 5.82 Å². The summed E-state index contributed by atoms with van der Waals surface area (Å²) in [5, 5.41) is 3.35. The molecule has 0 aromatic heterocycles. The van der Waals surface area contributed by atoms with Crippen LogP contribution in [0.1, 0.15) is 37.8 Å². The topological polar surface area (TPSA) is 24.5 Å². The third-order valence-electron chi connectivity index (χ3n) is 4.00. The minimum absolute atomic E-state index is 0. The summed E-state index contributed by atoms with van der Waals surface area (Å²) in [4.78, 5) is 2.39. The Morgan fingerprint density at radius 2 is 1.95 bits per heavy atom. The smallest absolute Gasteiger partial charge is 0.169 e. The van der Waals surface area contributed by atoms with Gasteiger partial charge in [-0.1, -0.05) is 31.9 Å². The second kappa shape index (κ2) is 11.1. The molecular formula is C16H27Cl2FN2O. The molecule has 0 radical (unpaired) electrons. The number of rotatable bonds is 6. The highest BCUT2D eigenvalue weighted by molar-refractivity contribution is 5.85. The van der Waals surface area contributed by atoms with Crippen LogP contribution in [0.4, 0.5) is 4.39 Å². The molecule has 1 atom stereocenters. The lowest BCUT2D eigenvalue weighted by Crippen LogP contribution is -2.45. The molecular weight excluding hydrogens is 326 g/mol. The number of benzene rings is 1. The fourth-order valence-corrected chi connectivity index (χ4v) is 2.87. The molecule has 22 heavy (non-hydrogen) atoms. The van der Waals surface area contributed by atoms with Gasteiger partial charge in [0.2, 0.25) is 0 Å². The molecule has 1 saturated heterocycles. The summed E-state index contributed by atoms with van der Waals surface area (Å²) < 4.78 is 19.7. The first-order chi connectivity index (χ1) is 9.77. The van der Waals surface area contributed by atoms with E-state index in [9.17, 15) is 4.39 Å². The Morgan fingerprint density at radius 3 is 2.55 bits per heavy atom. The minimum atomic E-state index is -0.199. The zero-order valence-electron chi connectivity index (χ0n) is 13.3. The summed E-state index contributed by atoms with van der Waals surface area (Å²) in [7, 11) is 1.52. The third kappa shape index (κ3) is 5.27. The van der Waals surface area contributed by atoms with Gasteiger partial charge in [-0.3, -0.25) is 4.90 Å². The molecule has 1 heterocycles. The number of halogens is 3. The molecule has 3 nitrogen and oxygen atoms in total. The van der Waals surface area contributed by atoms with E-state index >= 15 is 0 Å². The van der Waals surface area contributed by atoms with Gasteiger partial charge in [-0.15, -0.1) is 24.8 Å². The van der Waals surface area contributed by atoms with E-state index in [1.807, 2.05) is 12.1 Å². The van der Waals surface area contributed by atoms with Gasteiger partial charge in [0.1, 0.15) is 0 Å². The van der Waals surface area contributed by atoms with Crippen molar-refractivity contribution in [3.05, 3.63) is 29.6 Å². The van der Waals surface area contributed by atoms with Gasteiger partial charge in [0, 0.05) is 37.8 Å². The average Bonchev–Trinajstić information content (AvgIpc) is 2.50. The summed E-state index contributed by atoms with van der Waals surface area (Å²) in [5.41, 5.74) is 0.778. The number of nitrogens with zero attached hydrogens (tertiary/aromatic N) is 1. The zero-order valence-corrected chi connectivity index (χ0v) is 14.9. The molecule has 0 unspecified atom stereocenters. The summed E-state index contributed by atoms with van der Waals surface area (Å²) in [6.07, 6.45) is 3.25. The van der Waals surface area contributed by atoms with Crippen LogP contribution in [-0.4, -0.2) is 38.2 Å². The summed E-state index contributed by atoms with van der Waals surface area (Å²) in [6, 6.07) is 5.64.